The summed E-state index contributed by atoms with van der Waals surface area (Å²) in [7, 11) is 0. The summed E-state index contributed by atoms with van der Waals surface area (Å²) in [5.41, 5.74) is 5.85. The average Bonchev–Trinajstić information content (AvgIpc) is 2.38. The van der Waals surface area contributed by atoms with Gasteiger partial charge in [0.1, 0.15) is 5.82 Å². The third kappa shape index (κ3) is 4.40. The molecule has 0 saturated heterocycles. The molecular weight excluding hydrogens is 251 g/mol. The topological polar surface area (TPSA) is 55.1 Å². The Labute approximate surface area is 110 Å². The van der Waals surface area contributed by atoms with Crippen LogP contribution in [0.15, 0.2) is 18.2 Å². The lowest BCUT2D eigenvalue weighted by molar-refractivity contribution is 0.0952. The molecule has 0 fully saturated rings. The predicted molar refractivity (Wildman–Crippen MR) is 73.0 cm³/mol. The van der Waals surface area contributed by atoms with Crippen molar-refractivity contribution in [1.82, 2.24) is 5.32 Å². The van der Waals surface area contributed by atoms with Gasteiger partial charge in [-0.15, -0.1) is 0 Å². The van der Waals surface area contributed by atoms with E-state index in [1.54, 1.807) is 11.8 Å². The standard InChI is InChI=1S/C13H15FN2OS/c1-18-8-7-16-13(17)11-9-10(3-2-6-15)4-5-12(11)14/h4-5,9H,6-8,15H2,1H3,(H,16,17). The fraction of sp³-hybridized carbons (Fsp3) is 0.308. The number of nitrogens with one attached hydrogen (secondary N) is 1. The first-order valence-electron chi connectivity index (χ1n) is 5.44. The normalized spacial score (nSPS) is 9.50. The number of thioether (sulfide) groups is 1. The molecule has 1 aromatic rings. The van der Waals surface area contributed by atoms with E-state index in [0.717, 1.165) is 5.75 Å². The van der Waals surface area contributed by atoms with Gasteiger partial charge in [0.15, 0.2) is 0 Å². The Bertz CT molecular complexity index is 480. The Morgan fingerprint density at radius 1 is 1.56 bits per heavy atom. The predicted octanol–water partition coefficient (Wildman–Crippen LogP) is 1.23. The minimum Gasteiger partial charge on any atom is -0.351 e. The molecule has 0 bridgehead atoms. The number of amides is 1. The van der Waals surface area contributed by atoms with Gasteiger partial charge in [-0.3, -0.25) is 4.79 Å². The third-order valence-corrected chi connectivity index (χ3v) is 2.75. The van der Waals surface area contributed by atoms with Crippen molar-refractivity contribution < 1.29 is 9.18 Å². The molecule has 0 aliphatic carbocycles. The van der Waals surface area contributed by atoms with Crippen LogP contribution in [0.1, 0.15) is 15.9 Å². The Morgan fingerprint density at radius 3 is 3.00 bits per heavy atom. The number of nitrogens with two attached hydrogens (primary N) is 1. The SMILES string of the molecule is CSCCNC(=O)c1cc(C#CCN)ccc1F. The smallest absolute Gasteiger partial charge is 0.254 e. The number of rotatable bonds is 4. The number of carbonyl (C=O) groups is 1. The van der Waals surface area contributed by atoms with Crippen molar-refractivity contribution in [2.45, 2.75) is 0 Å². The van der Waals surface area contributed by atoms with Crippen molar-refractivity contribution in [2.75, 3.05) is 25.1 Å². The van der Waals surface area contributed by atoms with E-state index in [0.29, 0.717) is 12.1 Å². The lowest BCUT2D eigenvalue weighted by atomic mass is 10.1. The number of hydrogen-bond acceptors (Lipinski definition) is 3. The summed E-state index contributed by atoms with van der Waals surface area (Å²) in [5, 5.41) is 2.65. The Balaban J connectivity index is 2.83. The summed E-state index contributed by atoms with van der Waals surface area (Å²) in [6.45, 7) is 0.741. The zero-order valence-electron chi connectivity index (χ0n) is 10.1. The maximum atomic E-state index is 13.5. The van der Waals surface area contributed by atoms with Crippen LogP contribution in [0.2, 0.25) is 0 Å². The second kappa shape index (κ2) is 7.75. The van der Waals surface area contributed by atoms with Crippen molar-refractivity contribution >= 4 is 17.7 Å². The van der Waals surface area contributed by atoms with Crippen LogP contribution >= 0.6 is 11.8 Å². The summed E-state index contributed by atoms with van der Waals surface area (Å²) < 4.78 is 13.5. The Hall–Kier alpha value is -1.51. The first kappa shape index (κ1) is 14.6. The molecular formula is C13H15FN2OS. The highest BCUT2D eigenvalue weighted by molar-refractivity contribution is 7.98. The second-order valence-electron chi connectivity index (χ2n) is 3.45. The van der Waals surface area contributed by atoms with Crippen LogP contribution in [0.3, 0.4) is 0 Å². The molecule has 0 radical (unpaired) electrons. The first-order chi connectivity index (χ1) is 8.69. The molecule has 1 rings (SSSR count). The van der Waals surface area contributed by atoms with E-state index >= 15 is 0 Å². The van der Waals surface area contributed by atoms with Crippen LogP contribution in [0.4, 0.5) is 4.39 Å². The number of hydrogen-bond donors (Lipinski definition) is 2. The molecule has 0 aromatic heterocycles. The van der Waals surface area contributed by atoms with Crippen molar-refractivity contribution in [3.63, 3.8) is 0 Å². The molecule has 3 N–H and O–H groups in total. The monoisotopic (exact) mass is 266 g/mol. The molecule has 0 aliphatic rings. The van der Waals surface area contributed by atoms with E-state index in [4.69, 9.17) is 5.73 Å². The Kier molecular flexibility index (Phi) is 6.26. The molecule has 0 aliphatic heterocycles. The first-order valence-corrected chi connectivity index (χ1v) is 6.84. The van der Waals surface area contributed by atoms with E-state index in [-0.39, 0.29) is 12.1 Å². The summed E-state index contributed by atoms with van der Waals surface area (Å²) >= 11 is 1.61. The van der Waals surface area contributed by atoms with Gasteiger partial charge in [0.25, 0.3) is 5.91 Å². The quantitative estimate of drug-likeness (QED) is 0.636. The van der Waals surface area contributed by atoms with E-state index in [1.165, 1.54) is 18.2 Å². The highest BCUT2D eigenvalue weighted by Crippen LogP contribution is 2.10. The summed E-state index contributed by atoms with van der Waals surface area (Å²) in [6.07, 6.45) is 1.94. The lowest BCUT2D eigenvalue weighted by Gasteiger charge is -2.05. The van der Waals surface area contributed by atoms with E-state index in [1.807, 2.05) is 6.26 Å². The molecule has 0 heterocycles. The highest BCUT2D eigenvalue weighted by atomic mass is 32.2. The summed E-state index contributed by atoms with van der Waals surface area (Å²) in [5.74, 6) is 5.26. The van der Waals surface area contributed by atoms with Crippen LogP contribution < -0.4 is 11.1 Å². The third-order valence-electron chi connectivity index (χ3n) is 2.14. The van der Waals surface area contributed by atoms with Crippen LogP contribution in [0.25, 0.3) is 0 Å². The molecule has 18 heavy (non-hydrogen) atoms. The minimum atomic E-state index is -0.546. The van der Waals surface area contributed by atoms with Gasteiger partial charge in [0, 0.05) is 17.9 Å². The molecule has 0 saturated carbocycles. The van der Waals surface area contributed by atoms with Gasteiger partial charge in [-0.25, -0.2) is 4.39 Å². The Morgan fingerprint density at radius 2 is 2.33 bits per heavy atom. The van der Waals surface area contributed by atoms with Crippen LogP contribution in [-0.2, 0) is 0 Å². The van der Waals surface area contributed by atoms with Crippen LogP contribution in [-0.4, -0.2) is 31.0 Å². The molecule has 0 atom stereocenters. The summed E-state index contributed by atoms with van der Waals surface area (Å²) in [6, 6.07) is 4.20. The van der Waals surface area contributed by atoms with E-state index in [9.17, 15) is 9.18 Å². The van der Waals surface area contributed by atoms with Crippen molar-refractivity contribution in [3.05, 3.63) is 35.1 Å². The molecule has 1 amide bonds. The van der Waals surface area contributed by atoms with Gasteiger partial charge in [-0.05, 0) is 24.5 Å². The highest BCUT2D eigenvalue weighted by Gasteiger charge is 2.11. The molecule has 0 spiro atoms. The van der Waals surface area contributed by atoms with E-state index in [2.05, 4.69) is 17.2 Å². The van der Waals surface area contributed by atoms with E-state index < -0.39 is 11.7 Å². The summed E-state index contributed by atoms with van der Waals surface area (Å²) in [4.78, 5) is 11.7. The van der Waals surface area contributed by atoms with Crippen molar-refractivity contribution in [2.24, 2.45) is 5.73 Å². The van der Waals surface area contributed by atoms with Gasteiger partial charge < -0.3 is 11.1 Å². The second-order valence-corrected chi connectivity index (χ2v) is 4.43. The largest absolute Gasteiger partial charge is 0.351 e. The lowest BCUT2D eigenvalue weighted by Crippen LogP contribution is -2.26. The number of carbonyl (C=O) groups excluding carboxylic acids is 1. The molecule has 1 aromatic carbocycles. The van der Waals surface area contributed by atoms with Gasteiger partial charge in [0.05, 0.1) is 12.1 Å². The number of benzene rings is 1. The van der Waals surface area contributed by atoms with Crippen molar-refractivity contribution in [1.29, 1.82) is 0 Å². The van der Waals surface area contributed by atoms with Gasteiger partial charge in [0.2, 0.25) is 0 Å². The zero-order valence-corrected chi connectivity index (χ0v) is 10.9. The fourth-order valence-corrected chi connectivity index (χ4v) is 1.60. The number of halogens is 1. The molecule has 0 unspecified atom stereocenters. The maximum Gasteiger partial charge on any atom is 0.254 e. The molecule has 96 valence electrons. The zero-order chi connectivity index (χ0) is 13.4. The average molecular weight is 266 g/mol. The van der Waals surface area contributed by atoms with Crippen LogP contribution in [0, 0.1) is 17.7 Å². The van der Waals surface area contributed by atoms with Crippen molar-refractivity contribution in [3.8, 4) is 11.8 Å². The van der Waals surface area contributed by atoms with Crippen LogP contribution in [0.5, 0.6) is 0 Å². The maximum absolute atomic E-state index is 13.5. The molecule has 3 nitrogen and oxygen atoms in total. The van der Waals surface area contributed by atoms with Gasteiger partial charge in [-0.2, -0.15) is 11.8 Å². The minimum absolute atomic E-state index is 0.0138. The van der Waals surface area contributed by atoms with Gasteiger partial charge in [-0.1, -0.05) is 11.8 Å². The fourth-order valence-electron chi connectivity index (χ4n) is 1.29. The van der Waals surface area contributed by atoms with Gasteiger partial charge >= 0.3 is 0 Å². The molecule has 5 heteroatoms.